The molecule has 0 fully saturated rings. The van der Waals surface area contributed by atoms with Crippen LogP contribution < -0.4 is 0 Å². The molecule has 9 heteroatoms. The topological polar surface area (TPSA) is 27.7 Å². The lowest BCUT2D eigenvalue weighted by molar-refractivity contribution is 0.558. The first-order valence-electron chi connectivity index (χ1n) is 10.2. The molecule has 0 aromatic heterocycles. The number of hydrogen-bond donors (Lipinski definition) is 0. The lowest BCUT2D eigenvalue weighted by Crippen LogP contribution is -2.39. The van der Waals surface area contributed by atoms with Crippen molar-refractivity contribution in [2.45, 2.75) is 118 Å². The van der Waals surface area contributed by atoms with E-state index in [1.54, 1.807) is 0 Å². The molecule has 0 saturated carbocycles. The van der Waals surface area contributed by atoms with Gasteiger partial charge in [0.25, 0.3) is 0 Å². The van der Waals surface area contributed by atoms with E-state index in [0.29, 0.717) is 0 Å². The molecule has 3 nitrogen and oxygen atoms in total. The maximum atomic E-state index is 5.90. The molecule has 0 heterocycles. The zero-order valence-electron chi connectivity index (χ0n) is 22.2. The van der Waals surface area contributed by atoms with E-state index in [1.165, 1.54) is 0 Å². The second-order valence-corrected chi connectivity index (χ2v) is 40.8. The van der Waals surface area contributed by atoms with E-state index >= 15 is 0 Å². The highest BCUT2D eigenvalue weighted by molar-refractivity contribution is 6.84. The highest BCUT2D eigenvalue weighted by atomic mass is 28.4. The molecule has 0 aliphatic carbocycles. The SMILES string of the molecule is C[Si](C)(C)O[Si](C)(C)C.C[Si](C)(C)O[Si](C)(C)C.C[Si](C)(C)O[Si](C)(C)C. The van der Waals surface area contributed by atoms with Gasteiger partial charge < -0.3 is 12.3 Å². The molecule has 0 rings (SSSR count). The van der Waals surface area contributed by atoms with Crippen molar-refractivity contribution >= 4 is 49.9 Å². The Kier molecular flexibility index (Phi) is 14.0. The third-order valence-corrected chi connectivity index (χ3v) is 16.5. The average molecular weight is 487 g/mol. The standard InChI is InChI=1S/3C6H18OSi2/c3*1-8(2,3)7-9(4,5)6/h3*1-6H3. The summed E-state index contributed by atoms with van der Waals surface area (Å²) >= 11 is 0. The molecule has 0 unspecified atom stereocenters. The summed E-state index contributed by atoms with van der Waals surface area (Å²) in [6, 6.07) is 0. The van der Waals surface area contributed by atoms with Crippen LogP contribution in [0.15, 0.2) is 0 Å². The summed E-state index contributed by atoms with van der Waals surface area (Å²) in [5.74, 6) is 0. The van der Waals surface area contributed by atoms with Gasteiger partial charge in [-0.3, -0.25) is 0 Å². The quantitative estimate of drug-likeness (QED) is 0.355. The summed E-state index contributed by atoms with van der Waals surface area (Å²) in [5, 5.41) is 0. The van der Waals surface area contributed by atoms with E-state index in [-0.39, 0.29) is 0 Å². The Morgan fingerprint density at radius 3 is 0.296 bits per heavy atom. The molecule has 0 aliphatic rings. The van der Waals surface area contributed by atoms with Gasteiger partial charge in [-0.25, -0.2) is 0 Å². The summed E-state index contributed by atoms with van der Waals surface area (Å²) in [5.41, 5.74) is 0. The van der Waals surface area contributed by atoms with Crippen molar-refractivity contribution in [1.29, 1.82) is 0 Å². The molecule has 27 heavy (non-hydrogen) atoms. The molecular formula is C18H54O3Si6. The maximum absolute atomic E-state index is 5.90. The smallest absolute Gasteiger partial charge is 0.170 e. The molecule has 0 N–H and O–H groups in total. The number of rotatable bonds is 6. The van der Waals surface area contributed by atoms with Crippen LogP contribution in [0.1, 0.15) is 0 Å². The molecule has 0 saturated heterocycles. The summed E-state index contributed by atoms with van der Waals surface area (Å²) in [7, 11) is -7.39. The summed E-state index contributed by atoms with van der Waals surface area (Å²) < 4.78 is 17.7. The third kappa shape index (κ3) is 46.8. The van der Waals surface area contributed by atoms with Crippen molar-refractivity contribution in [1.82, 2.24) is 0 Å². The van der Waals surface area contributed by atoms with Gasteiger partial charge in [-0.1, -0.05) is 0 Å². The van der Waals surface area contributed by atoms with Gasteiger partial charge in [0.2, 0.25) is 0 Å². The fourth-order valence-corrected chi connectivity index (χ4v) is 24.8. The molecule has 0 atom stereocenters. The second kappa shape index (κ2) is 11.5. The minimum atomic E-state index is -1.23. The van der Waals surface area contributed by atoms with Crippen molar-refractivity contribution < 1.29 is 12.3 Å². The van der Waals surface area contributed by atoms with Crippen LogP contribution in [-0.2, 0) is 12.3 Å². The van der Waals surface area contributed by atoms with E-state index in [4.69, 9.17) is 12.3 Å². The van der Waals surface area contributed by atoms with Crippen LogP contribution in [-0.4, -0.2) is 49.9 Å². The van der Waals surface area contributed by atoms with Crippen LogP contribution in [0.5, 0.6) is 0 Å². The predicted molar refractivity (Wildman–Crippen MR) is 143 cm³/mol. The number of hydrogen-bond acceptors (Lipinski definition) is 3. The van der Waals surface area contributed by atoms with Crippen LogP contribution in [0, 0.1) is 0 Å². The van der Waals surface area contributed by atoms with Crippen molar-refractivity contribution in [3.8, 4) is 0 Å². The Labute approximate surface area is 179 Å². The van der Waals surface area contributed by atoms with Crippen LogP contribution >= 0.6 is 0 Å². The molecule has 0 radical (unpaired) electrons. The van der Waals surface area contributed by atoms with Crippen LogP contribution in [0.4, 0.5) is 0 Å². The lowest BCUT2D eigenvalue weighted by Gasteiger charge is -2.27. The van der Waals surface area contributed by atoms with Gasteiger partial charge in [-0.15, -0.1) is 0 Å². The zero-order valence-corrected chi connectivity index (χ0v) is 28.2. The Bertz CT molecular complexity index is 290. The maximum Gasteiger partial charge on any atom is 0.170 e. The molecule has 0 amide bonds. The Morgan fingerprint density at radius 1 is 0.222 bits per heavy atom. The second-order valence-electron chi connectivity index (χ2n) is 13.0. The summed E-state index contributed by atoms with van der Waals surface area (Å²) in [4.78, 5) is 0. The van der Waals surface area contributed by atoms with Crippen LogP contribution in [0.3, 0.4) is 0 Å². The normalized spacial score (nSPS) is 14.0. The molecule has 0 aliphatic heterocycles. The zero-order chi connectivity index (χ0) is 23.1. The molecule has 0 bridgehead atoms. The minimum absolute atomic E-state index is 1.23. The van der Waals surface area contributed by atoms with Gasteiger partial charge in [-0.05, 0) is 118 Å². The average Bonchev–Trinajstić information content (AvgIpc) is 1.96. The van der Waals surface area contributed by atoms with E-state index in [9.17, 15) is 0 Å². The van der Waals surface area contributed by atoms with Gasteiger partial charge in [-0.2, -0.15) is 0 Å². The Hall–Kier alpha value is 1.18. The van der Waals surface area contributed by atoms with E-state index < -0.39 is 49.9 Å². The van der Waals surface area contributed by atoms with E-state index in [0.717, 1.165) is 0 Å². The van der Waals surface area contributed by atoms with Gasteiger partial charge in [0.15, 0.2) is 49.9 Å². The third-order valence-electron chi connectivity index (χ3n) is 1.84. The molecule has 0 aromatic carbocycles. The highest BCUT2D eigenvalue weighted by Gasteiger charge is 2.25. The van der Waals surface area contributed by atoms with Crippen LogP contribution in [0.2, 0.25) is 118 Å². The lowest BCUT2D eigenvalue weighted by atomic mass is 11.8. The first-order valence-corrected chi connectivity index (χ1v) is 30.7. The first kappa shape index (κ1) is 32.8. The van der Waals surface area contributed by atoms with E-state index in [2.05, 4.69) is 118 Å². The van der Waals surface area contributed by atoms with Crippen molar-refractivity contribution in [2.24, 2.45) is 0 Å². The first-order chi connectivity index (χ1) is 11.1. The van der Waals surface area contributed by atoms with Gasteiger partial charge in [0.05, 0.1) is 0 Å². The highest BCUT2D eigenvalue weighted by Crippen LogP contribution is 2.14. The van der Waals surface area contributed by atoms with E-state index in [1.807, 2.05) is 0 Å². The van der Waals surface area contributed by atoms with Gasteiger partial charge in [0, 0.05) is 0 Å². The predicted octanol–water partition coefficient (Wildman–Crippen LogP) is 8.02. The fraction of sp³-hybridized carbons (Fsp3) is 1.00. The molecule has 168 valence electrons. The fourth-order valence-electron chi connectivity index (χ4n) is 2.76. The van der Waals surface area contributed by atoms with Crippen LogP contribution in [0.25, 0.3) is 0 Å². The summed E-state index contributed by atoms with van der Waals surface area (Å²) in [6.07, 6.45) is 0. The van der Waals surface area contributed by atoms with Gasteiger partial charge in [0.1, 0.15) is 0 Å². The van der Waals surface area contributed by atoms with Crippen molar-refractivity contribution in [2.75, 3.05) is 0 Å². The minimum Gasteiger partial charge on any atom is -0.456 e. The van der Waals surface area contributed by atoms with Crippen molar-refractivity contribution in [3.05, 3.63) is 0 Å². The molecule has 0 aromatic rings. The Morgan fingerprint density at radius 2 is 0.296 bits per heavy atom. The molecule has 0 spiro atoms. The summed E-state index contributed by atoms with van der Waals surface area (Å²) in [6.45, 7) is 40.3. The molecular weight excluding hydrogens is 433 g/mol. The largest absolute Gasteiger partial charge is 0.456 e. The monoisotopic (exact) mass is 486 g/mol. The Balaban J connectivity index is -0.000000320. The van der Waals surface area contributed by atoms with Gasteiger partial charge >= 0.3 is 0 Å². The van der Waals surface area contributed by atoms with Crippen molar-refractivity contribution in [3.63, 3.8) is 0 Å².